The van der Waals surface area contributed by atoms with E-state index < -0.39 is 17.8 Å². The highest BCUT2D eigenvalue weighted by Crippen LogP contribution is 2.46. The van der Waals surface area contributed by atoms with E-state index in [0.717, 1.165) is 37.3 Å². The van der Waals surface area contributed by atoms with Gasteiger partial charge in [-0.3, -0.25) is 9.59 Å². The largest absolute Gasteiger partial charge is 0.453 e. The molecular weight excluding hydrogens is 526 g/mol. The molecule has 2 aliphatic heterocycles. The first kappa shape index (κ1) is 23.9. The molecule has 0 saturated carbocycles. The van der Waals surface area contributed by atoms with Gasteiger partial charge in [-0.05, 0) is 66.2 Å². The number of hydrogen-bond acceptors (Lipinski definition) is 4. The normalized spacial score (nSPS) is 14.4. The van der Waals surface area contributed by atoms with Crippen molar-refractivity contribution in [1.82, 2.24) is 4.57 Å². The molecule has 6 aromatic rings. The van der Waals surface area contributed by atoms with Gasteiger partial charge >= 0.3 is 6.03 Å². The second-order valence-electron chi connectivity index (χ2n) is 10.1. The summed E-state index contributed by atoms with van der Waals surface area (Å²) in [7, 11) is 0. The average Bonchev–Trinajstić information content (AvgIpc) is 3.36. The van der Waals surface area contributed by atoms with E-state index in [2.05, 4.69) is 10.6 Å². The summed E-state index contributed by atoms with van der Waals surface area (Å²) < 4.78 is 8.55. The van der Waals surface area contributed by atoms with Crippen molar-refractivity contribution in [2.75, 3.05) is 9.80 Å². The van der Waals surface area contributed by atoms with Crippen molar-refractivity contribution in [3.05, 3.63) is 132 Å². The first-order chi connectivity index (χ1) is 20.6. The van der Waals surface area contributed by atoms with Gasteiger partial charge in [-0.25, -0.2) is 14.6 Å². The van der Waals surface area contributed by atoms with Crippen molar-refractivity contribution < 1.29 is 19.1 Å². The van der Waals surface area contributed by atoms with Crippen LogP contribution >= 0.6 is 0 Å². The summed E-state index contributed by atoms with van der Waals surface area (Å²) in [6.07, 6.45) is 1.55. The maximum atomic E-state index is 13.9. The fourth-order valence-electron chi connectivity index (χ4n) is 5.85. The third kappa shape index (κ3) is 3.44. The predicted molar refractivity (Wildman–Crippen MR) is 162 cm³/mol. The van der Waals surface area contributed by atoms with Crippen LogP contribution in [0.3, 0.4) is 0 Å². The molecule has 0 aliphatic carbocycles. The minimum absolute atomic E-state index is 0.131. The number of anilines is 2. The summed E-state index contributed by atoms with van der Waals surface area (Å²) in [5.41, 5.74) is 4.09. The number of para-hydroxylation sites is 5. The van der Waals surface area contributed by atoms with E-state index in [1.165, 1.54) is 0 Å². The second kappa shape index (κ2) is 9.04. The van der Waals surface area contributed by atoms with E-state index in [1.807, 2.05) is 54.6 Å². The van der Waals surface area contributed by atoms with E-state index in [9.17, 15) is 14.4 Å². The molecule has 42 heavy (non-hydrogen) atoms. The second-order valence-corrected chi connectivity index (χ2v) is 10.1. The molecule has 4 amide bonds. The molecule has 0 bridgehead atoms. The molecule has 0 N–H and O–H groups in total. The van der Waals surface area contributed by atoms with Crippen LogP contribution in [-0.4, -0.2) is 22.4 Å². The van der Waals surface area contributed by atoms with Crippen molar-refractivity contribution in [2.24, 2.45) is 0 Å². The first-order valence-corrected chi connectivity index (χ1v) is 13.5. The zero-order chi connectivity index (χ0) is 28.4. The topological polar surface area (TPSA) is 71.8 Å². The Bertz CT molecular complexity index is 2070. The SMILES string of the molecule is O=C1C(=Cc2cc3c4c(c2)c2ccccc2n4-c2ccccc2O3)C(=O)N(c2ccccc2)C(=O)N1c1ccccc1. The molecular formula is C35H21N3O4. The van der Waals surface area contributed by atoms with Crippen LogP contribution < -0.4 is 14.5 Å². The van der Waals surface area contributed by atoms with Gasteiger partial charge in [-0.2, -0.15) is 0 Å². The molecule has 1 aromatic heterocycles. The lowest BCUT2D eigenvalue weighted by atomic mass is 10.0. The van der Waals surface area contributed by atoms with Crippen LogP contribution in [0.15, 0.2) is 127 Å². The molecule has 0 radical (unpaired) electrons. The highest BCUT2D eigenvalue weighted by atomic mass is 16.5. The molecule has 3 heterocycles. The first-order valence-electron chi connectivity index (χ1n) is 13.5. The molecule has 0 atom stereocenters. The Hall–Kier alpha value is -5.95. The van der Waals surface area contributed by atoms with Crippen molar-refractivity contribution in [2.45, 2.75) is 0 Å². The summed E-state index contributed by atoms with van der Waals surface area (Å²) in [5.74, 6) is -0.0594. The minimum Gasteiger partial charge on any atom is -0.453 e. The van der Waals surface area contributed by atoms with Gasteiger partial charge in [0, 0.05) is 10.8 Å². The third-order valence-electron chi connectivity index (χ3n) is 7.67. The molecule has 2 aliphatic rings. The molecule has 1 saturated heterocycles. The number of imide groups is 2. The highest BCUT2D eigenvalue weighted by molar-refractivity contribution is 6.46. The number of ether oxygens (including phenoxy) is 1. The number of carbonyl (C=O) groups excluding carboxylic acids is 3. The maximum Gasteiger partial charge on any atom is 0.343 e. The molecule has 0 unspecified atom stereocenters. The van der Waals surface area contributed by atoms with Crippen LogP contribution in [-0.2, 0) is 9.59 Å². The lowest BCUT2D eigenvalue weighted by Gasteiger charge is -2.34. The van der Waals surface area contributed by atoms with Crippen LogP contribution in [0.2, 0.25) is 0 Å². The minimum atomic E-state index is -0.729. The fourth-order valence-corrected chi connectivity index (χ4v) is 5.85. The van der Waals surface area contributed by atoms with Crippen LogP contribution in [0.5, 0.6) is 11.5 Å². The monoisotopic (exact) mass is 547 g/mol. The molecule has 7 heteroatoms. The molecule has 1 fully saturated rings. The van der Waals surface area contributed by atoms with Crippen LogP contribution in [0, 0.1) is 0 Å². The van der Waals surface area contributed by atoms with Gasteiger partial charge in [0.2, 0.25) is 0 Å². The average molecular weight is 548 g/mol. The van der Waals surface area contributed by atoms with Gasteiger partial charge in [-0.1, -0.05) is 66.7 Å². The van der Waals surface area contributed by atoms with E-state index in [0.29, 0.717) is 28.4 Å². The van der Waals surface area contributed by atoms with E-state index in [-0.39, 0.29) is 5.57 Å². The number of nitrogens with zero attached hydrogens (tertiary/aromatic N) is 3. The quantitative estimate of drug-likeness (QED) is 0.170. The molecule has 5 aromatic carbocycles. The number of amides is 4. The fraction of sp³-hybridized carbons (Fsp3) is 0. The van der Waals surface area contributed by atoms with Crippen LogP contribution in [0.1, 0.15) is 5.56 Å². The predicted octanol–water partition coefficient (Wildman–Crippen LogP) is 7.47. The van der Waals surface area contributed by atoms with Gasteiger partial charge in [-0.15, -0.1) is 0 Å². The van der Waals surface area contributed by atoms with Gasteiger partial charge in [0.25, 0.3) is 11.8 Å². The molecule has 8 rings (SSSR count). The number of carbonyl (C=O) groups is 3. The van der Waals surface area contributed by atoms with Gasteiger partial charge in [0.15, 0.2) is 11.5 Å². The lowest BCUT2D eigenvalue weighted by molar-refractivity contribution is -0.121. The van der Waals surface area contributed by atoms with Crippen molar-refractivity contribution in [3.63, 3.8) is 0 Å². The summed E-state index contributed by atoms with van der Waals surface area (Å²) in [5, 5.41) is 1.94. The van der Waals surface area contributed by atoms with Crippen molar-refractivity contribution in [1.29, 1.82) is 0 Å². The highest BCUT2D eigenvalue weighted by Gasteiger charge is 2.43. The summed E-state index contributed by atoms with van der Waals surface area (Å²) in [6.45, 7) is 0. The maximum absolute atomic E-state index is 13.9. The van der Waals surface area contributed by atoms with Crippen LogP contribution in [0.25, 0.3) is 33.6 Å². The number of aromatic nitrogens is 1. The Morgan fingerprint density at radius 3 is 1.86 bits per heavy atom. The smallest absolute Gasteiger partial charge is 0.343 e. The van der Waals surface area contributed by atoms with Gasteiger partial charge in [0.05, 0.1) is 28.1 Å². The Kier molecular flexibility index (Phi) is 5.14. The number of fused-ring (bicyclic) bond motifs is 5. The van der Waals surface area contributed by atoms with Gasteiger partial charge < -0.3 is 9.30 Å². The molecule has 200 valence electrons. The lowest BCUT2D eigenvalue weighted by Crippen LogP contribution is -2.57. The standard InChI is InChI=1S/C35H21N3O4/c39-33-27(34(40)37(24-13-5-2-6-14-24)35(41)36(33)23-11-3-1-4-12-23)20-22-19-26-25-15-7-8-16-28(25)38-29-17-9-10-18-30(29)42-31(21-22)32(26)38/h1-21H. The van der Waals surface area contributed by atoms with Crippen LogP contribution in [0.4, 0.5) is 16.2 Å². The number of urea groups is 1. The van der Waals surface area contributed by atoms with E-state index in [4.69, 9.17) is 4.74 Å². The Balaban J connectivity index is 1.34. The Morgan fingerprint density at radius 2 is 1.17 bits per heavy atom. The number of hydrogen-bond donors (Lipinski definition) is 0. The number of rotatable bonds is 3. The Labute approximate surface area is 240 Å². The summed E-state index contributed by atoms with van der Waals surface area (Å²) in [4.78, 5) is 43.5. The van der Waals surface area contributed by atoms with E-state index in [1.54, 1.807) is 66.7 Å². The number of barbiturate groups is 1. The molecule has 7 nitrogen and oxygen atoms in total. The van der Waals surface area contributed by atoms with Gasteiger partial charge in [0.1, 0.15) is 5.57 Å². The van der Waals surface area contributed by atoms with E-state index >= 15 is 0 Å². The van der Waals surface area contributed by atoms with Crippen molar-refractivity contribution >= 4 is 57.1 Å². The Morgan fingerprint density at radius 1 is 0.571 bits per heavy atom. The van der Waals surface area contributed by atoms with Crippen molar-refractivity contribution in [3.8, 4) is 17.2 Å². The third-order valence-corrected chi connectivity index (χ3v) is 7.67. The zero-order valence-electron chi connectivity index (χ0n) is 22.1. The molecule has 0 spiro atoms. The summed E-state index contributed by atoms with van der Waals surface area (Å²) in [6, 6.07) is 36.2. The summed E-state index contributed by atoms with van der Waals surface area (Å²) >= 11 is 0. The number of benzene rings is 5. The zero-order valence-corrected chi connectivity index (χ0v) is 22.1.